The summed E-state index contributed by atoms with van der Waals surface area (Å²) < 4.78 is 3.88. The molecular weight excluding hydrogens is 284 g/mol. The van der Waals surface area contributed by atoms with Gasteiger partial charge in [0, 0.05) is 12.4 Å². The summed E-state index contributed by atoms with van der Waals surface area (Å²) in [4.78, 5) is 4.31. The fraction of sp³-hybridized carbons (Fsp3) is 0.125. The fourth-order valence-corrected chi connectivity index (χ4v) is 1.90. The minimum Gasteiger partial charge on any atom is -0.305 e. The Morgan fingerprint density at radius 3 is 2.92 bits per heavy atom. The lowest BCUT2D eigenvalue weighted by Gasteiger charge is -1.98. The largest absolute Gasteiger partial charge is 0.305 e. The molecule has 0 N–H and O–H groups in total. The van der Waals surface area contributed by atoms with E-state index in [0.717, 1.165) is 14.7 Å². The van der Waals surface area contributed by atoms with Crippen molar-refractivity contribution in [1.82, 2.24) is 9.38 Å². The second kappa shape index (κ2) is 2.85. The van der Waals surface area contributed by atoms with E-state index >= 15 is 0 Å². The second-order valence-corrected chi connectivity index (χ2v) is 4.21. The van der Waals surface area contributed by atoms with Crippen LogP contribution >= 0.6 is 31.9 Å². The van der Waals surface area contributed by atoms with E-state index in [1.165, 1.54) is 5.56 Å². The number of hydrogen-bond donors (Lipinski definition) is 0. The zero-order valence-corrected chi connectivity index (χ0v) is 9.55. The van der Waals surface area contributed by atoms with E-state index in [0.29, 0.717) is 0 Å². The maximum absolute atomic E-state index is 4.31. The molecule has 0 spiro atoms. The highest BCUT2D eigenvalue weighted by atomic mass is 79.9. The third kappa shape index (κ3) is 1.19. The van der Waals surface area contributed by atoms with Gasteiger partial charge in [0.05, 0.1) is 4.47 Å². The van der Waals surface area contributed by atoms with Gasteiger partial charge in [-0.3, -0.25) is 0 Å². The molecule has 2 aromatic heterocycles. The monoisotopic (exact) mass is 288 g/mol. The van der Waals surface area contributed by atoms with Gasteiger partial charge in [0.25, 0.3) is 0 Å². The third-order valence-corrected chi connectivity index (χ3v) is 3.09. The third-order valence-electron chi connectivity index (χ3n) is 1.73. The molecule has 0 aliphatic carbocycles. The second-order valence-electron chi connectivity index (χ2n) is 2.61. The van der Waals surface area contributed by atoms with E-state index in [1.54, 1.807) is 0 Å². The minimum atomic E-state index is 0.855. The highest BCUT2D eigenvalue weighted by Gasteiger charge is 2.04. The summed E-state index contributed by atoms with van der Waals surface area (Å²) in [6.07, 6.45) is 3.92. The molecule has 2 aromatic rings. The van der Waals surface area contributed by atoms with E-state index in [2.05, 4.69) is 36.8 Å². The lowest BCUT2D eigenvalue weighted by molar-refractivity contribution is 1.16. The zero-order chi connectivity index (χ0) is 8.72. The van der Waals surface area contributed by atoms with Crippen LogP contribution in [0.4, 0.5) is 0 Å². The smallest absolute Gasteiger partial charge is 0.152 e. The Kier molecular flexibility index (Phi) is 1.96. The highest BCUT2D eigenvalue weighted by molar-refractivity contribution is 9.11. The van der Waals surface area contributed by atoms with Crippen molar-refractivity contribution >= 4 is 37.5 Å². The molecule has 0 atom stereocenters. The molecule has 0 saturated heterocycles. The number of rotatable bonds is 0. The first-order valence-corrected chi connectivity index (χ1v) is 5.06. The molecule has 0 unspecified atom stereocenters. The molecule has 0 aliphatic heterocycles. The summed E-state index contributed by atoms with van der Waals surface area (Å²) in [5.41, 5.74) is 2.14. The summed E-state index contributed by atoms with van der Waals surface area (Å²) in [7, 11) is 0. The van der Waals surface area contributed by atoms with Crippen molar-refractivity contribution in [2.45, 2.75) is 6.92 Å². The highest BCUT2D eigenvalue weighted by Crippen LogP contribution is 2.22. The Morgan fingerprint density at radius 2 is 2.17 bits per heavy atom. The van der Waals surface area contributed by atoms with E-state index < -0.39 is 0 Å². The number of pyridine rings is 1. The predicted molar refractivity (Wildman–Crippen MR) is 55.3 cm³/mol. The lowest BCUT2D eigenvalue weighted by Crippen LogP contribution is -1.85. The Bertz CT molecular complexity index is 434. The average Bonchev–Trinajstić information content (AvgIpc) is 2.39. The minimum absolute atomic E-state index is 0.855. The van der Waals surface area contributed by atoms with Gasteiger partial charge in [-0.05, 0) is 50.4 Å². The molecule has 0 saturated carbocycles. The van der Waals surface area contributed by atoms with Crippen molar-refractivity contribution in [2.24, 2.45) is 0 Å². The predicted octanol–water partition coefficient (Wildman–Crippen LogP) is 3.17. The number of imidazole rings is 1. The van der Waals surface area contributed by atoms with Crippen LogP contribution in [0.5, 0.6) is 0 Å². The Hall–Kier alpha value is -0.350. The standard InChI is InChI=1S/C8H6Br2N2/c1-5-2-3-12-4-6(9)11-8(12)7(5)10/h2-4H,1H3. The molecule has 2 heterocycles. The van der Waals surface area contributed by atoms with Gasteiger partial charge in [0.1, 0.15) is 4.60 Å². The molecule has 0 radical (unpaired) electrons. The van der Waals surface area contributed by atoms with Crippen LogP contribution in [0.2, 0.25) is 0 Å². The zero-order valence-electron chi connectivity index (χ0n) is 6.38. The van der Waals surface area contributed by atoms with Crippen molar-refractivity contribution in [1.29, 1.82) is 0 Å². The van der Waals surface area contributed by atoms with Crippen LogP contribution in [0.15, 0.2) is 27.5 Å². The molecule has 0 amide bonds. The van der Waals surface area contributed by atoms with Gasteiger partial charge in [-0.25, -0.2) is 4.98 Å². The van der Waals surface area contributed by atoms with Crippen molar-refractivity contribution in [3.05, 3.63) is 33.1 Å². The fourth-order valence-electron chi connectivity index (χ4n) is 1.08. The maximum atomic E-state index is 4.31. The van der Waals surface area contributed by atoms with Crippen molar-refractivity contribution in [2.75, 3.05) is 0 Å². The van der Waals surface area contributed by atoms with Gasteiger partial charge < -0.3 is 4.40 Å². The molecular formula is C8H6Br2N2. The molecule has 0 aliphatic rings. The van der Waals surface area contributed by atoms with Crippen molar-refractivity contribution < 1.29 is 0 Å². The first-order valence-electron chi connectivity index (χ1n) is 3.48. The number of halogens is 2. The van der Waals surface area contributed by atoms with Gasteiger partial charge in [-0.15, -0.1) is 0 Å². The molecule has 0 fully saturated rings. The van der Waals surface area contributed by atoms with Crippen LogP contribution in [0.3, 0.4) is 0 Å². The number of aromatic nitrogens is 2. The summed E-state index contributed by atoms with van der Waals surface area (Å²) >= 11 is 6.82. The van der Waals surface area contributed by atoms with Gasteiger partial charge in [0.15, 0.2) is 5.65 Å². The summed E-state index contributed by atoms with van der Waals surface area (Å²) in [6, 6.07) is 2.05. The van der Waals surface area contributed by atoms with E-state index in [9.17, 15) is 0 Å². The van der Waals surface area contributed by atoms with Crippen molar-refractivity contribution in [3.63, 3.8) is 0 Å². The molecule has 4 heteroatoms. The molecule has 62 valence electrons. The van der Waals surface area contributed by atoms with Crippen LogP contribution in [0.1, 0.15) is 5.56 Å². The van der Waals surface area contributed by atoms with Gasteiger partial charge in [-0.2, -0.15) is 0 Å². The van der Waals surface area contributed by atoms with Gasteiger partial charge >= 0.3 is 0 Å². The molecule has 2 rings (SSSR count). The lowest BCUT2D eigenvalue weighted by atomic mass is 10.3. The van der Waals surface area contributed by atoms with Gasteiger partial charge in [-0.1, -0.05) is 0 Å². The van der Waals surface area contributed by atoms with E-state index in [-0.39, 0.29) is 0 Å². The van der Waals surface area contributed by atoms with E-state index in [4.69, 9.17) is 0 Å². The van der Waals surface area contributed by atoms with Crippen LogP contribution in [0, 0.1) is 6.92 Å². The topological polar surface area (TPSA) is 17.3 Å². The molecule has 0 bridgehead atoms. The Labute approximate surface area is 86.9 Å². The van der Waals surface area contributed by atoms with Gasteiger partial charge in [0.2, 0.25) is 0 Å². The van der Waals surface area contributed by atoms with Crippen LogP contribution in [-0.2, 0) is 0 Å². The molecule has 12 heavy (non-hydrogen) atoms. The maximum Gasteiger partial charge on any atom is 0.152 e. The summed E-state index contributed by atoms with van der Waals surface area (Å²) in [5, 5.41) is 0. The van der Waals surface area contributed by atoms with Crippen molar-refractivity contribution in [3.8, 4) is 0 Å². The SMILES string of the molecule is Cc1ccn2cc(Br)nc2c1Br. The number of hydrogen-bond acceptors (Lipinski definition) is 1. The van der Waals surface area contributed by atoms with Crippen LogP contribution in [-0.4, -0.2) is 9.38 Å². The summed E-state index contributed by atoms with van der Waals surface area (Å²) in [5.74, 6) is 0. The number of fused-ring (bicyclic) bond motifs is 1. The Morgan fingerprint density at radius 1 is 1.42 bits per heavy atom. The van der Waals surface area contributed by atoms with Crippen LogP contribution < -0.4 is 0 Å². The van der Waals surface area contributed by atoms with E-state index in [1.807, 2.05) is 29.8 Å². The molecule has 2 nitrogen and oxygen atoms in total. The van der Waals surface area contributed by atoms with Crippen LogP contribution in [0.25, 0.3) is 5.65 Å². The first kappa shape index (κ1) is 8.26. The Balaban J connectivity index is 2.89. The number of aryl methyl sites for hydroxylation is 1. The first-order chi connectivity index (χ1) is 5.68. The normalized spacial score (nSPS) is 10.9. The molecule has 0 aromatic carbocycles. The number of nitrogens with zero attached hydrogens (tertiary/aromatic N) is 2. The summed E-state index contributed by atoms with van der Waals surface area (Å²) in [6.45, 7) is 2.05. The average molecular weight is 290 g/mol. The quantitative estimate of drug-likeness (QED) is 0.728.